The average Bonchev–Trinajstić information content (AvgIpc) is 3.56. The molecule has 0 bridgehead atoms. The SMILES string of the molecule is CC(C)n1cnc(C2CNCC23CCN(Cc2ccncc2)C3=O)c1.O=C(O)C(F)(F)F.O=C(O)C(F)(F)F. The number of rotatable bonds is 4. The minimum Gasteiger partial charge on any atom is -0.475 e. The molecule has 2 atom stereocenters. The van der Waals surface area contributed by atoms with Gasteiger partial charge in [0.15, 0.2) is 0 Å². The molecule has 2 aliphatic heterocycles. The largest absolute Gasteiger partial charge is 0.490 e. The molecule has 2 unspecified atom stereocenters. The molecule has 2 saturated heterocycles. The summed E-state index contributed by atoms with van der Waals surface area (Å²) >= 11 is 0. The van der Waals surface area contributed by atoms with Crippen LogP contribution in [0.1, 0.15) is 43.5 Å². The van der Waals surface area contributed by atoms with Crippen molar-refractivity contribution in [1.29, 1.82) is 0 Å². The second-order valence-electron chi connectivity index (χ2n) is 9.12. The van der Waals surface area contributed by atoms with E-state index in [1.807, 2.05) is 23.4 Å². The lowest BCUT2D eigenvalue weighted by Crippen LogP contribution is -2.39. The number of hydrogen-bond acceptors (Lipinski definition) is 6. The van der Waals surface area contributed by atoms with Gasteiger partial charge in [-0.25, -0.2) is 14.6 Å². The van der Waals surface area contributed by atoms with Crippen molar-refractivity contribution in [2.75, 3.05) is 19.6 Å². The third-order valence-corrected chi connectivity index (χ3v) is 6.18. The van der Waals surface area contributed by atoms with Crippen molar-refractivity contribution in [3.63, 3.8) is 0 Å². The molecule has 2 fully saturated rings. The number of aromatic nitrogens is 3. The zero-order valence-corrected chi connectivity index (χ0v) is 20.8. The fraction of sp³-hybridized carbons (Fsp3) is 0.522. The van der Waals surface area contributed by atoms with Gasteiger partial charge in [-0.2, -0.15) is 26.3 Å². The van der Waals surface area contributed by atoms with Gasteiger partial charge in [0.2, 0.25) is 5.91 Å². The van der Waals surface area contributed by atoms with Crippen LogP contribution in [0.3, 0.4) is 0 Å². The molecule has 16 heteroatoms. The quantitative estimate of drug-likeness (QED) is 0.479. The first-order valence-corrected chi connectivity index (χ1v) is 11.5. The van der Waals surface area contributed by atoms with E-state index in [9.17, 15) is 31.1 Å². The standard InChI is InChI=1S/C19H25N5O.2C2HF3O2/c1-14(2)24-11-17(22-13-24)16-9-21-12-19(16)5-8-23(18(19)25)10-15-3-6-20-7-4-15;2*3-2(4,5)1(6)7/h3-4,6-7,11,13-14,16,21H,5,8-10,12H2,1-2H3;2*(H,6,7). The summed E-state index contributed by atoms with van der Waals surface area (Å²) < 4.78 is 65.6. The normalized spacial score (nSPS) is 20.9. The Balaban J connectivity index is 0.000000317. The van der Waals surface area contributed by atoms with Crippen LogP contribution in [-0.2, 0) is 20.9 Å². The Labute approximate surface area is 218 Å². The number of aliphatic carboxylic acids is 2. The number of carbonyl (C=O) groups is 3. The van der Waals surface area contributed by atoms with Crippen LogP contribution in [0, 0.1) is 5.41 Å². The van der Waals surface area contributed by atoms with Crippen LogP contribution in [0.4, 0.5) is 26.3 Å². The summed E-state index contributed by atoms with van der Waals surface area (Å²) in [5, 5.41) is 17.7. The number of nitrogens with one attached hydrogen (secondary N) is 1. The van der Waals surface area contributed by atoms with Gasteiger partial charge < -0.3 is 25.0 Å². The van der Waals surface area contributed by atoms with E-state index in [0.717, 1.165) is 37.3 Å². The van der Waals surface area contributed by atoms with Crippen LogP contribution in [0.15, 0.2) is 37.1 Å². The number of nitrogens with zero attached hydrogens (tertiary/aromatic N) is 4. The predicted octanol–water partition coefficient (Wildman–Crippen LogP) is 3.23. The minimum absolute atomic E-state index is 0.155. The molecule has 4 heterocycles. The zero-order valence-electron chi connectivity index (χ0n) is 20.8. The summed E-state index contributed by atoms with van der Waals surface area (Å²) in [7, 11) is 0. The number of imidazole rings is 1. The number of carboxylic acid groups (broad SMARTS) is 2. The van der Waals surface area contributed by atoms with E-state index >= 15 is 0 Å². The molecule has 0 radical (unpaired) electrons. The highest BCUT2D eigenvalue weighted by Gasteiger charge is 2.55. The Hall–Kier alpha value is -3.69. The number of pyridine rings is 1. The first-order valence-electron chi connectivity index (χ1n) is 11.5. The van der Waals surface area contributed by atoms with E-state index in [-0.39, 0.29) is 17.2 Å². The van der Waals surface area contributed by atoms with Gasteiger partial charge in [-0.15, -0.1) is 0 Å². The molecule has 10 nitrogen and oxygen atoms in total. The van der Waals surface area contributed by atoms with Crippen LogP contribution < -0.4 is 5.32 Å². The molecule has 1 spiro atoms. The van der Waals surface area contributed by atoms with Crippen molar-refractivity contribution in [3.05, 3.63) is 48.3 Å². The van der Waals surface area contributed by atoms with Crippen molar-refractivity contribution in [2.24, 2.45) is 5.41 Å². The van der Waals surface area contributed by atoms with Gasteiger partial charge >= 0.3 is 24.3 Å². The Morgan fingerprint density at radius 2 is 1.64 bits per heavy atom. The second kappa shape index (κ2) is 12.4. The molecular weight excluding hydrogens is 540 g/mol. The fourth-order valence-electron chi connectivity index (χ4n) is 4.17. The molecule has 4 rings (SSSR count). The van der Waals surface area contributed by atoms with E-state index in [4.69, 9.17) is 19.8 Å². The minimum atomic E-state index is -5.08. The van der Waals surface area contributed by atoms with E-state index in [2.05, 4.69) is 39.9 Å². The molecule has 0 saturated carbocycles. The molecule has 216 valence electrons. The maximum absolute atomic E-state index is 13.3. The lowest BCUT2D eigenvalue weighted by Gasteiger charge is -2.28. The number of carboxylic acids is 2. The van der Waals surface area contributed by atoms with Gasteiger partial charge in [-0.05, 0) is 38.0 Å². The summed E-state index contributed by atoms with van der Waals surface area (Å²) in [6, 6.07) is 4.34. The Morgan fingerprint density at radius 1 is 1.10 bits per heavy atom. The predicted molar refractivity (Wildman–Crippen MR) is 122 cm³/mol. The molecule has 1 amide bonds. The second-order valence-corrected chi connectivity index (χ2v) is 9.12. The Bertz CT molecular complexity index is 1110. The van der Waals surface area contributed by atoms with Gasteiger partial charge in [-0.1, -0.05) is 0 Å². The third-order valence-electron chi connectivity index (χ3n) is 6.18. The lowest BCUT2D eigenvalue weighted by atomic mass is 9.75. The summed E-state index contributed by atoms with van der Waals surface area (Å²) in [4.78, 5) is 41.8. The van der Waals surface area contributed by atoms with Crippen LogP contribution in [0.5, 0.6) is 0 Å². The number of amides is 1. The monoisotopic (exact) mass is 567 g/mol. The average molecular weight is 567 g/mol. The molecular formula is C23H27F6N5O5. The summed E-state index contributed by atoms with van der Waals surface area (Å²) in [6.07, 6.45) is -1.71. The van der Waals surface area contributed by atoms with Gasteiger partial charge in [0.05, 0.1) is 17.4 Å². The topological polar surface area (TPSA) is 138 Å². The lowest BCUT2D eigenvalue weighted by molar-refractivity contribution is -0.193. The van der Waals surface area contributed by atoms with Crippen LogP contribution in [0.25, 0.3) is 0 Å². The van der Waals surface area contributed by atoms with Gasteiger partial charge in [0.25, 0.3) is 0 Å². The van der Waals surface area contributed by atoms with E-state index in [1.54, 1.807) is 12.4 Å². The number of hydrogen-bond donors (Lipinski definition) is 3. The molecule has 2 aliphatic rings. The number of alkyl halides is 6. The van der Waals surface area contributed by atoms with Crippen molar-refractivity contribution >= 4 is 17.8 Å². The number of carbonyl (C=O) groups excluding carboxylic acids is 1. The van der Waals surface area contributed by atoms with Crippen molar-refractivity contribution in [3.8, 4) is 0 Å². The zero-order chi connectivity index (χ0) is 29.6. The fourth-order valence-corrected chi connectivity index (χ4v) is 4.17. The van der Waals surface area contributed by atoms with Crippen molar-refractivity contribution < 1.29 is 50.9 Å². The first-order chi connectivity index (χ1) is 18.0. The van der Waals surface area contributed by atoms with Crippen molar-refractivity contribution in [1.82, 2.24) is 24.8 Å². The van der Waals surface area contributed by atoms with Gasteiger partial charge in [0, 0.05) is 56.7 Å². The number of likely N-dealkylation sites (tertiary alicyclic amines) is 1. The van der Waals surface area contributed by atoms with Gasteiger partial charge in [0.1, 0.15) is 0 Å². The van der Waals surface area contributed by atoms with Gasteiger partial charge in [-0.3, -0.25) is 9.78 Å². The van der Waals surface area contributed by atoms with E-state index < -0.39 is 24.3 Å². The van der Waals surface area contributed by atoms with E-state index in [1.165, 1.54) is 0 Å². The molecule has 3 N–H and O–H groups in total. The highest BCUT2D eigenvalue weighted by atomic mass is 19.4. The Kier molecular flexibility index (Phi) is 10.1. The van der Waals surface area contributed by atoms with Crippen LogP contribution in [0.2, 0.25) is 0 Å². The highest BCUT2D eigenvalue weighted by Crippen LogP contribution is 2.47. The van der Waals surface area contributed by atoms with Crippen LogP contribution >= 0.6 is 0 Å². The Morgan fingerprint density at radius 3 is 2.10 bits per heavy atom. The molecule has 2 aromatic rings. The summed E-state index contributed by atoms with van der Waals surface area (Å²) in [6.45, 7) is 7.33. The first kappa shape index (κ1) is 31.5. The molecule has 0 aromatic carbocycles. The maximum atomic E-state index is 13.3. The van der Waals surface area contributed by atoms with E-state index in [0.29, 0.717) is 12.6 Å². The molecule has 2 aromatic heterocycles. The third kappa shape index (κ3) is 8.15. The highest BCUT2D eigenvalue weighted by molar-refractivity contribution is 5.86. The van der Waals surface area contributed by atoms with Crippen molar-refractivity contribution in [2.45, 2.75) is 51.1 Å². The molecule has 39 heavy (non-hydrogen) atoms. The van der Waals surface area contributed by atoms with Crippen LogP contribution in [-0.4, -0.2) is 79.5 Å². The summed E-state index contributed by atoms with van der Waals surface area (Å²) in [5.74, 6) is -5.10. The number of halogens is 6. The smallest absolute Gasteiger partial charge is 0.475 e. The summed E-state index contributed by atoms with van der Waals surface area (Å²) in [5.41, 5.74) is 1.83. The maximum Gasteiger partial charge on any atom is 0.490 e. The molecule has 0 aliphatic carbocycles.